The maximum atomic E-state index is 12.8. The van der Waals surface area contributed by atoms with Gasteiger partial charge in [0.05, 0.1) is 11.4 Å². The summed E-state index contributed by atoms with van der Waals surface area (Å²) in [5.41, 5.74) is 0.851. The second-order valence-electron chi connectivity index (χ2n) is 8.50. The average molecular weight is 476 g/mol. The molecule has 2 aliphatic heterocycles. The summed E-state index contributed by atoms with van der Waals surface area (Å²) in [6.45, 7) is 2.29. The molecular formula is C23H29N3O4S2. The first-order chi connectivity index (χ1) is 15.5. The summed E-state index contributed by atoms with van der Waals surface area (Å²) in [5.74, 6) is 1.92. The van der Waals surface area contributed by atoms with Crippen molar-refractivity contribution in [2.75, 3.05) is 40.0 Å². The third kappa shape index (κ3) is 5.82. The van der Waals surface area contributed by atoms with Crippen LogP contribution in [0.1, 0.15) is 37.7 Å². The summed E-state index contributed by atoms with van der Waals surface area (Å²) >= 11 is 6.67. The van der Waals surface area contributed by atoms with Gasteiger partial charge in [-0.3, -0.25) is 19.4 Å². The van der Waals surface area contributed by atoms with Crippen LogP contribution in [0.5, 0.6) is 11.5 Å². The molecule has 7 nitrogen and oxygen atoms in total. The molecule has 2 amide bonds. The molecule has 0 aromatic heterocycles. The fraction of sp³-hybridized carbons (Fsp3) is 0.522. The number of thiocarbonyl (C=S) groups is 1. The molecule has 4 rings (SSSR count). The number of amides is 2. The highest BCUT2D eigenvalue weighted by molar-refractivity contribution is 8.26. The quantitative estimate of drug-likeness (QED) is 0.457. The molecule has 1 aromatic carbocycles. The zero-order chi connectivity index (χ0) is 22.5. The highest BCUT2D eigenvalue weighted by atomic mass is 32.2. The predicted molar refractivity (Wildman–Crippen MR) is 130 cm³/mol. The summed E-state index contributed by atoms with van der Waals surface area (Å²) in [6, 6.07) is 5.55. The van der Waals surface area contributed by atoms with Crippen molar-refractivity contribution in [3.63, 3.8) is 0 Å². The fourth-order valence-corrected chi connectivity index (χ4v) is 5.64. The fourth-order valence-electron chi connectivity index (χ4n) is 4.33. The Hall–Kier alpha value is -2.10. The molecule has 32 heavy (non-hydrogen) atoms. The van der Waals surface area contributed by atoms with Crippen molar-refractivity contribution < 1.29 is 19.1 Å². The van der Waals surface area contributed by atoms with Crippen LogP contribution in [0.3, 0.4) is 0 Å². The summed E-state index contributed by atoms with van der Waals surface area (Å²) in [6.07, 6.45) is 8.28. The number of rotatable bonds is 8. The van der Waals surface area contributed by atoms with Crippen LogP contribution in [-0.2, 0) is 9.59 Å². The molecular weight excluding hydrogens is 446 g/mol. The van der Waals surface area contributed by atoms with Crippen molar-refractivity contribution >= 4 is 46.2 Å². The third-order valence-corrected chi connectivity index (χ3v) is 7.31. The molecule has 0 spiro atoms. The predicted octanol–water partition coefficient (Wildman–Crippen LogP) is 3.24. The van der Waals surface area contributed by atoms with Crippen molar-refractivity contribution in [2.45, 2.75) is 32.1 Å². The molecule has 0 radical (unpaired) electrons. The molecule has 2 fully saturated rings. The van der Waals surface area contributed by atoms with Crippen LogP contribution in [0.25, 0.3) is 6.08 Å². The standard InChI is InChI=1S/C23H29N3O4S2/c1-25(13-16-5-3-2-4-6-16)14-21(27)24-9-10-26-22(28)20(32-23(26)31)12-17-7-8-18-19(11-17)30-15-29-18/h7-8,11-12,16H,2-6,9-10,13-15H2,1H3,(H,24,27)/b20-12+. The van der Waals surface area contributed by atoms with Crippen LogP contribution in [0.2, 0.25) is 0 Å². The van der Waals surface area contributed by atoms with Gasteiger partial charge in [0.25, 0.3) is 5.91 Å². The maximum absolute atomic E-state index is 12.8. The van der Waals surface area contributed by atoms with E-state index in [0.717, 1.165) is 12.1 Å². The van der Waals surface area contributed by atoms with E-state index in [-0.39, 0.29) is 18.6 Å². The van der Waals surface area contributed by atoms with Crippen molar-refractivity contribution in [3.8, 4) is 11.5 Å². The van der Waals surface area contributed by atoms with Gasteiger partial charge >= 0.3 is 0 Å². The first-order valence-corrected chi connectivity index (χ1v) is 12.3. The van der Waals surface area contributed by atoms with Crippen LogP contribution in [0.4, 0.5) is 0 Å². The third-order valence-electron chi connectivity index (χ3n) is 5.93. The van der Waals surface area contributed by atoms with Gasteiger partial charge in [0.1, 0.15) is 4.32 Å². The second kappa shape index (κ2) is 10.7. The van der Waals surface area contributed by atoms with E-state index >= 15 is 0 Å². The Bertz CT molecular complexity index is 915. The SMILES string of the molecule is CN(CC(=O)NCCN1C(=O)/C(=C\c2ccc3c(c2)OCO3)SC1=S)CC1CCCCC1. The van der Waals surface area contributed by atoms with Crippen LogP contribution >= 0.6 is 24.0 Å². The number of nitrogens with one attached hydrogen (secondary N) is 1. The number of likely N-dealkylation sites (N-methyl/N-ethyl adjacent to an activating group) is 1. The van der Waals surface area contributed by atoms with Gasteiger partial charge in [-0.05, 0) is 49.6 Å². The lowest BCUT2D eigenvalue weighted by atomic mass is 9.89. The highest BCUT2D eigenvalue weighted by Crippen LogP contribution is 2.36. The average Bonchev–Trinajstić information content (AvgIpc) is 3.33. The second-order valence-corrected chi connectivity index (χ2v) is 10.2. The largest absolute Gasteiger partial charge is 0.454 e. The van der Waals surface area contributed by atoms with E-state index in [9.17, 15) is 9.59 Å². The zero-order valence-corrected chi connectivity index (χ0v) is 19.9. The molecule has 1 aromatic rings. The Morgan fingerprint density at radius 3 is 2.88 bits per heavy atom. The van der Waals surface area contributed by atoms with Crippen LogP contribution in [-0.4, -0.2) is 66.0 Å². The van der Waals surface area contributed by atoms with Gasteiger partial charge in [-0.1, -0.05) is 49.3 Å². The molecule has 1 N–H and O–H groups in total. The Labute approximate surface area is 198 Å². The number of thioether (sulfide) groups is 1. The normalized spacial score (nSPS) is 19.9. The zero-order valence-electron chi connectivity index (χ0n) is 18.3. The molecule has 1 aliphatic carbocycles. The number of fused-ring (bicyclic) bond motifs is 1. The molecule has 0 bridgehead atoms. The first-order valence-electron chi connectivity index (χ1n) is 11.1. The molecule has 1 saturated heterocycles. The molecule has 0 unspecified atom stereocenters. The lowest BCUT2D eigenvalue weighted by molar-refractivity contribution is -0.124. The van der Waals surface area contributed by atoms with Gasteiger partial charge in [0, 0.05) is 19.6 Å². The Balaban J connectivity index is 1.23. The Kier molecular flexibility index (Phi) is 7.70. The van der Waals surface area contributed by atoms with E-state index in [2.05, 4.69) is 10.2 Å². The van der Waals surface area contributed by atoms with E-state index in [0.29, 0.717) is 46.3 Å². The molecule has 9 heteroatoms. The molecule has 1 saturated carbocycles. The number of benzene rings is 1. The molecule has 0 atom stereocenters. The lowest BCUT2D eigenvalue weighted by Crippen LogP contribution is -2.41. The summed E-state index contributed by atoms with van der Waals surface area (Å²) in [4.78, 5) is 29.3. The highest BCUT2D eigenvalue weighted by Gasteiger charge is 2.31. The van der Waals surface area contributed by atoms with Gasteiger partial charge in [0.15, 0.2) is 11.5 Å². The molecule has 172 valence electrons. The summed E-state index contributed by atoms with van der Waals surface area (Å²) in [5, 5.41) is 2.92. The smallest absolute Gasteiger partial charge is 0.266 e. The van der Waals surface area contributed by atoms with E-state index in [1.165, 1.54) is 43.9 Å². The summed E-state index contributed by atoms with van der Waals surface area (Å²) < 4.78 is 11.2. The van der Waals surface area contributed by atoms with Gasteiger partial charge in [-0.25, -0.2) is 0 Å². The summed E-state index contributed by atoms with van der Waals surface area (Å²) in [7, 11) is 2.00. The van der Waals surface area contributed by atoms with E-state index in [4.69, 9.17) is 21.7 Å². The number of carbonyl (C=O) groups excluding carboxylic acids is 2. The van der Waals surface area contributed by atoms with Gasteiger partial charge < -0.3 is 14.8 Å². The van der Waals surface area contributed by atoms with E-state index < -0.39 is 0 Å². The lowest BCUT2D eigenvalue weighted by Gasteiger charge is -2.26. The number of hydrogen-bond acceptors (Lipinski definition) is 7. The van der Waals surface area contributed by atoms with Crippen molar-refractivity contribution in [1.29, 1.82) is 0 Å². The number of carbonyl (C=O) groups is 2. The van der Waals surface area contributed by atoms with E-state index in [1.54, 1.807) is 11.0 Å². The van der Waals surface area contributed by atoms with Crippen molar-refractivity contribution in [3.05, 3.63) is 28.7 Å². The van der Waals surface area contributed by atoms with Crippen LogP contribution in [0.15, 0.2) is 23.1 Å². The van der Waals surface area contributed by atoms with Gasteiger partial charge in [-0.2, -0.15) is 0 Å². The topological polar surface area (TPSA) is 71.1 Å². The maximum Gasteiger partial charge on any atom is 0.266 e. The number of ether oxygens (including phenoxy) is 2. The van der Waals surface area contributed by atoms with Crippen LogP contribution in [0, 0.1) is 5.92 Å². The van der Waals surface area contributed by atoms with Gasteiger partial charge in [0.2, 0.25) is 12.7 Å². The minimum Gasteiger partial charge on any atom is -0.454 e. The van der Waals surface area contributed by atoms with Crippen molar-refractivity contribution in [2.24, 2.45) is 5.92 Å². The minimum absolute atomic E-state index is 0.0235. The number of nitrogens with zero attached hydrogens (tertiary/aromatic N) is 2. The minimum atomic E-state index is -0.138. The molecule has 3 aliphatic rings. The number of hydrogen-bond donors (Lipinski definition) is 1. The molecule has 2 heterocycles. The van der Waals surface area contributed by atoms with Crippen LogP contribution < -0.4 is 14.8 Å². The van der Waals surface area contributed by atoms with Crippen molar-refractivity contribution in [1.82, 2.24) is 15.1 Å². The Morgan fingerprint density at radius 1 is 1.28 bits per heavy atom. The first kappa shape index (κ1) is 23.1. The Morgan fingerprint density at radius 2 is 2.06 bits per heavy atom. The van der Waals surface area contributed by atoms with E-state index in [1.807, 2.05) is 25.2 Å². The monoisotopic (exact) mass is 475 g/mol. The van der Waals surface area contributed by atoms with Gasteiger partial charge in [-0.15, -0.1) is 0 Å².